The molecule has 112 valence electrons. The maximum Gasteiger partial charge on any atom is 0.161 e. The zero-order chi connectivity index (χ0) is 15.4. The first-order valence-corrected chi connectivity index (χ1v) is 7.27. The Kier molecular flexibility index (Phi) is 5.34. The summed E-state index contributed by atoms with van der Waals surface area (Å²) in [6.07, 6.45) is 0. The lowest BCUT2D eigenvalue weighted by atomic mass is 10.1. The van der Waals surface area contributed by atoms with Gasteiger partial charge in [-0.25, -0.2) is 0 Å². The Balaban J connectivity index is 2.16. The van der Waals surface area contributed by atoms with Gasteiger partial charge in [-0.05, 0) is 36.8 Å². The van der Waals surface area contributed by atoms with Crippen LogP contribution < -0.4 is 15.2 Å². The van der Waals surface area contributed by atoms with E-state index in [1.54, 1.807) is 19.2 Å². The van der Waals surface area contributed by atoms with Gasteiger partial charge in [0.15, 0.2) is 11.5 Å². The monoisotopic (exact) mass is 325 g/mol. The van der Waals surface area contributed by atoms with Gasteiger partial charge >= 0.3 is 0 Å². The number of ether oxygens (including phenoxy) is 2. The van der Waals surface area contributed by atoms with E-state index < -0.39 is 0 Å². The highest BCUT2D eigenvalue weighted by Gasteiger charge is 2.09. The maximum absolute atomic E-state index is 6.12. The highest BCUT2D eigenvalue weighted by molar-refractivity contribution is 6.35. The molecule has 1 unspecified atom stereocenters. The molecule has 1 atom stereocenters. The molecule has 0 amide bonds. The van der Waals surface area contributed by atoms with Crippen LogP contribution in [0.25, 0.3) is 0 Å². The van der Waals surface area contributed by atoms with E-state index in [0.29, 0.717) is 28.2 Å². The molecule has 2 N–H and O–H groups in total. The minimum absolute atomic E-state index is 0.0568. The molecule has 2 aromatic carbocycles. The van der Waals surface area contributed by atoms with Crippen molar-refractivity contribution in [3.63, 3.8) is 0 Å². The third kappa shape index (κ3) is 4.03. The van der Waals surface area contributed by atoms with Gasteiger partial charge in [-0.3, -0.25) is 0 Å². The average Bonchev–Trinajstić information content (AvgIpc) is 2.46. The molecular formula is C16H17Cl2NO2. The van der Waals surface area contributed by atoms with Crippen molar-refractivity contribution >= 4 is 23.2 Å². The smallest absolute Gasteiger partial charge is 0.161 e. The first-order chi connectivity index (χ1) is 10.0. The summed E-state index contributed by atoms with van der Waals surface area (Å²) < 4.78 is 11.1. The predicted octanol–water partition coefficient (Wildman–Crippen LogP) is 4.60. The van der Waals surface area contributed by atoms with Crippen molar-refractivity contribution in [1.29, 1.82) is 0 Å². The molecule has 0 spiro atoms. The Labute approximate surface area is 134 Å². The van der Waals surface area contributed by atoms with Gasteiger partial charge < -0.3 is 15.2 Å². The van der Waals surface area contributed by atoms with E-state index in [4.69, 9.17) is 38.4 Å². The van der Waals surface area contributed by atoms with Gasteiger partial charge in [0, 0.05) is 21.7 Å². The number of nitrogens with two attached hydrogens (primary N) is 1. The van der Waals surface area contributed by atoms with E-state index in [2.05, 4.69) is 0 Å². The third-order valence-electron chi connectivity index (χ3n) is 3.11. The van der Waals surface area contributed by atoms with Crippen molar-refractivity contribution < 1.29 is 9.47 Å². The Morgan fingerprint density at radius 1 is 1.10 bits per heavy atom. The minimum atomic E-state index is -0.0568. The summed E-state index contributed by atoms with van der Waals surface area (Å²) in [7, 11) is 1.60. The van der Waals surface area contributed by atoms with Crippen LogP contribution in [0.3, 0.4) is 0 Å². The SMILES string of the molecule is COc1cc(C(C)N)ccc1OCc1ccc(Cl)cc1Cl. The average molecular weight is 326 g/mol. The molecule has 0 aliphatic rings. The van der Waals surface area contributed by atoms with E-state index >= 15 is 0 Å². The molecule has 0 aliphatic carbocycles. The normalized spacial score (nSPS) is 12.0. The van der Waals surface area contributed by atoms with Gasteiger partial charge in [0.05, 0.1) is 7.11 Å². The summed E-state index contributed by atoms with van der Waals surface area (Å²) in [6.45, 7) is 2.26. The van der Waals surface area contributed by atoms with Crippen LogP contribution in [-0.2, 0) is 6.61 Å². The zero-order valence-electron chi connectivity index (χ0n) is 11.9. The molecule has 0 aliphatic heterocycles. The number of halogens is 2. The summed E-state index contributed by atoms with van der Waals surface area (Å²) in [4.78, 5) is 0. The van der Waals surface area contributed by atoms with Crippen molar-refractivity contribution in [3.05, 3.63) is 57.6 Å². The quantitative estimate of drug-likeness (QED) is 0.873. The molecule has 0 aromatic heterocycles. The summed E-state index contributed by atoms with van der Waals surface area (Å²) in [5.74, 6) is 1.29. The number of hydrogen-bond donors (Lipinski definition) is 1. The van der Waals surface area contributed by atoms with E-state index in [0.717, 1.165) is 11.1 Å². The van der Waals surface area contributed by atoms with Gasteiger partial charge in [-0.1, -0.05) is 35.3 Å². The van der Waals surface area contributed by atoms with Crippen LogP contribution in [0, 0.1) is 0 Å². The molecule has 2 rings (SSSR count). The van der Waals surface area contributed by atoms with Gasteiger partial charge in [-0.15, -0.1) is 0 Å². The largest absolute Gasteiger partial charge is 0.493 e. The van der Waals surface area contributed by atoms with Crippen LogP contribution in [-0.4, -0.2) is 7.11 Å². The fourth-order valence-corrected chi connectivity index (χ4v) is 2.34. The highest BCUT2D eigenvalue weighted by atomic mass is 35.5. The molecule has 0 bridgehead atoms. The molecule has 0 heterocycles. The lowest BCUT2D eigenvalue weighted by molar-refractivity contribution is 0.284. The van der Waals surface area contributed by atoms with Gasteiger partial charge in [-0.2, -0.15) is 0 Å². The predicted molar refractivity (Wildman–Crippen MR) is 86.4 cm³/mol. The van der Waals surface area contributed by atoms with Gasteiger partial charge in [0.2, 0.25) is 0 Å². The fourth-order valence-electron chi connectivity index (χ4n) is 1.88. The lowest BCUT2D eigenvalue weighted by Crippen LogP contribution is -2.06. The molecule has 21 heavy (non-hydrogen) atoms. The van der Waals surface area contributed by atoms with Crippen molar-refractivity contribution in [2.24, 2.45) is 5.73 Å². The van der Waals surface area contributed by atoms with Gasteiger partial charge in [0.1, 0.15) is 6.61 Å². The fraction of sp³-hybridized carbons (Fsp3) is 0.250. The van der Waals surface area contributed by atoms with Crippen molar-refractivity contribution in [2.45, 2.75) is 19.6 Å². The number of rotatable bonds is 5. The van der Waals surface area contributed by atoms with Crippen LogP contribution in [0.5, 0.6) is 11.5 Å². The van der Waals surface area contributed by atoms with Crippen LogP contribution in [0.2, 0.25) is 10.0 Å². The second-order valence-corrected chi connectivity index (χ2v) is 5.57. The van der Waals surface area contributed by atoms with E-state index in [1.807, 2.05) is 31.2 Å². The molecule has 0 radical (unpaired) electrons. The van der Waals surface area contributed by atoms with Crippen LogP contribution in [0.4, 0.5) is 0 Å². The van der Waals surface area contributed by atoms with Crippen LogP contribution in [0.1, 0.15) is 24.1 Å². The van der Waals surface area contributed by atoms with Crippen molar-refractivity contribution in [1.82, 2.24) is 0 Å². The van der Waals surface area contributed by atoms with Crippen LogP contribution >= 0.6 is 23.2 Å². The molecule has 2 aromatic rings. The van der Waals surface area contributed by atoms with Gasteiger partial charge in [0.25, 0.3) is 0 Å². The number of methoxy groups -OCH3 is 1. The number of benzene rings is 2. The topological polar surface area (TPSA) is 44.5 Å². The molecule has 0 saturated carbocycles. The minimum Gasteiger partial charge on any atom is -0.493 e. The molecule has 5 heteroatoms. The summed E-state index contributed by atoms with van der Waals surface area (Å²) in [6, 6.07) is 10.9. The Hall–Kier alpha value is -1.42. The second-order valence-electron chi connectivity index (χ2n) is 4.72. The maximum atomic E-state index is 6.12. The van der Waals surface area contributed by atoms with E-state index in [-0.39, 0.29) is 6.04 Å². The standard InChI is InChI=1S/C16H17Cl2NO2/c1-10(19)11-4-6-15(16(7-11)20-2)21-9-12-3-5-13(17)8-14(12)18/h3-8,10H,9,19H2,1-2H3. The lowest BCUT2D eigenvalue weighted by Gasteiger charge is -2.14. The Morgan fingerprint density at radius 2 is 1.86 bits per heavy atom. The molecular weight excluding hydrogens is 309 g/mol. The Bertz CT molecular complexity index is 630. The summed E-state index contributed by atoms with van der Waals surface area (Å²) >= 11 is 12.0. The highest BCUT2D eigenvalue weighted by Crippen LogP contribution is 2.31. The van der Waals surface area contributed by atoms with E-state index in [1.165, 1.54) is 0 Å². The van der Waals surface area contributed by atoms with E-state index in [9.17, 15) is 0 Å². The summed E-state index contributed by atoms with van der Waals surface area (Å²) in [5, 5.41) is 1.18. The second kappa shape index (κ2) is 7.03. The number of hydrogen-bond acceptors (Lipinski definition) is 3. The summed E-state index contributed by atoms with van der Waals surface area (Å²) in [5.41, 5.74) is 7.71. The first kappa shape index (κ1) is 16.0. The first-order valence-electron chi connectivity index (χ1n) is 6.51. The molecule has 0 fully saturated rings. The van der Waals surface area contributed by atoms with Crippen molar-refractivity contribution in [2.75, 3.05) is 7.11 Å². The Morgan fingerprint density at radius 3 is 2.48 bits per heavy atom. The van der Waals surface area contributed by atoms with Crippen LogP contribution in [0.15, 0.2) is 36.4 Å². The molecule has 3 nitrogen and oxygen atoms in total. The van der Waals surface area contributed by atoms with Crippen molar-refractivity contribution in [3.8, 4) is 11.5 Å². The third-order valence-corrected chi connectivity index (χ3v) is 3.70. The molecule has 0 saturated heterocycles. The zero-order valence-corrected chi connectivity index (χ0v) is 13.4.